The first-order chi connectivity index (χ1) is 30.7. The zero-order valence-electron chi connectivity index (χ0n) is 39.6. The monoisotopic (exact) mass is 949 g/mol. The summed E-state index contributed by atoms with van der Waals surface area (Å²) in [5, 5.41) is 0. The van der Waals surface area contributed by atoms with Gasteiger partial charge in [0.15, 0.2) is 23.8 Å². The summed E-state index contributed by atoms with van der Waals surface area (Å²) < 4.78 is 52.4. The number of nitrogens with zero attached hydrogens (tertiary/aromatic N) is 6. The summed E-state index contributed by atoms with van der Waals surface area (Å²) in [7, 11) is -6.85. The smallest absolute Gasteiger partial charge is 0.331 e. The molecule has 0 bridgehead atoms. The van der Waals surface area contributed by atoms with Crippen molar-refractivity contribution in [2.24, 2.45) is 65.8 Å². The van der Waals surface area contributed by atoms with Crippen LogP contribution in [-0.4, -0.2) is 138 Å². The fraction of sp³-hybridized carbons (Fsp3) is 0.810. The zero-order chi connectivity index (χ0) is 47.6. The van der Waals surface area contributed by atoms with Crippen LogP contribution in [-0.2, 0) is 27.2 Å². The van der Waals surface area contributed by atoms with E-state index in [9.17, 15) is 9.13 Å². The fourth-order valence-electron chi connectivity index (χ4n) is 6.14. The molecule has 0 radical (unpaired) electrons. The Labute approximate surface area is 386 Å². The second kappa shape index (κ2) is 41.2. The van der Waals surface area contributed by atoms with Gasteiger partial charge in [-0.3, -0.25) is 29.1 Å². The van der Waals surface area contributed by atoms with E-state index in [0.29, 0.717) is 104 Å². The maximum atomic E-state index is 14.1. The van der Waals surface area contributed by atoms with Gasteiger partial charge in [0.2, 0.25) is 0 Å². The summed E-state index contributed by atoms with van der Waals surface area (Å²) >= 11 is 0. The van der Waals surface area contributed by atoms with Crippen LogP contribution in [0.3, 0.4) is 0 Å². The molecule has 0 rings (SSSR count). The number of hydrogen-bond acceptors (Lipinski definition) is 12. The van der Waals surface area contributed by atoms with Gasteiger partial charge in [0.25, 0.3) is 0 Å². The van der Waals surface area contributed by atoms with Crippen LogP contribution in [0, 0.1) is 0 Å². The van der Waals surface area contributed by atoms with Crippen molar-refractivity contribution < 1.29 is 27.2 Å². The minimum Gasteiger partial charge on any atom is -0.370 e. The number of aliphatic imine (C=N–C) groups is 4. The summed E-state index contributed by atoms with van der Waals surface area (Å²) in [5.74, 6) is 0.195. The van der Waals surface area contributed by atoms with Gasteiger partial charge < -0.3 is 73.8 Å². The quantitative estimate of drug-likeness (QED) is 0.0137. The Hall–Kier alpha value is -3.22. The molecule has 0 saturated carbocycles. The van der Waals surface area contributed by atoms with Gasteiger partial charge in [-0.05, 0) is 90.4 Å². The Balaban J connectivity index is 5.45. The molecule has 0 spiro atoms. The predicted molar refractivity (Wildman–Crippen MR) is 268 cm³/mol. The zero-order valence-corrected chi connectivity index (χ0v) is 41.4. The van der Waals surface area contributed by atoms with Crippen LogP contribution in [0.2, 0.25) is 0 Å². The van der Waals surface area contributed by atoms with Crippen molar-refractivity contribution in [3.05, 3.63) is 24.3 Å². The highest BCUT2D eigenvalue weighted by Crippen LogP contribution is 2.49. The Morgan fingerprint density at radius 1 is 0.406 bits per heavy atom. The molecule has 2 atom stereocenters. The van der Waals surface area contributed by atoms with E-state index in [2.05, 4.69) is 67.9 Å². The van der Waals surface area contributed by atoms with Crippen LogP contribution in [0.15, 0.2) is 44.3 Å². The number of rotatable bonds is 45. The minimum atomic E-state index is -3.43. The number of hydrogen-bond donors (Lipinski definition) is 8. The Morgan fingerprint density at radius 2 is 0.703 bits per heavy atom. The van der Waals surface area contributed by atoms with E-state index in [1.165, 1.54) is 0 Å². The van der Waals surface area contributed by atoms with E-state index < -0.39 is 15.2 Å². The average Bonchev–Trinajstić information content (AvgIpc) is 3.24. The van der Waals surface area contributed by atoms with E-state index in [-0.39, 0.29) is 49.4 Å². The van der Waals surface area contributed by atoms with Crippen molar-refractivity contribution in [1.29, 1.82) is 0 Å². The topological polar surface area (TPSA) is 335 Å². The molecule has 374 valence electrons. The molecular formula is C42H90N14O6P2. The third-order valence-electron chi connectivity index (χ3n) is 9.63. The van der Waals surface area contributed by atoms with Crippen molar-refractivity contribution in [1.82, 2.24) is 9.80 Å². The molecular weight excluding hydrogens is 859 g/mol. The lowest BCUT2D eigenvalue weighted by Gasteiger charge is -2.25. The molecule has 0 amide bonds. The van der Waals surface area contributed by atoms with Gasteiger partial charge >= 0.3 is 15.2 Å². The van der Waals surface area contributed by atoms with Crippen LogP contribution in [0.5, 0.6) is 0 Å². The van der Waals surface area contributed by atoms with Crippen LogP contribution < -0.4 is 45.9 Å². The molecule has 0 aliphatic rings. The van der Waals surface area contributed by atoms with Gasteiger partial charge in [0, 0.05) is 39.3 Å². The SMILES string of the molecule is CCCC/C=C\CCOP(=O)(CCN(CCCN=C(N)N)CCCN=C(N)N)OCCCCCCOP(=O)(CCN(CCCN=C(N)N)CCCN=C(N)N)OCC/C=C\CCCC. The van der Waals surface area contributed by atoms with E-state index >= 15 is 0 Å². The first-order valence-electron chi connectivity index (χ1n) is 23.5. The van der Waals surface area contributed by atoms with Gasteiger partial charge in [0.1, 0.15) is 0 Å². The molecule has 0 aliphatic heterocycles. The first-order valence-corrected chi connectivity index (χ1v) is 26.9. The molecule has 20 nitrogen and oxygen atoms in total. The minimum absolute atomic E-state index is 0.0488. The van der Waals surface area contributed by atoms with Gasteiger partial charge in [-0.15, -0.1) is 0 Å². The second-order valence-electron chi connectivity index (χ2n) is 15.5. The van der Waals surface area contributed by atoms with Crippen molar-refractivity contribution in [2.75, 3.05) is 104 Å². The molecule has 16 N–H and O–H groups in total. The number of guanidine groups is 4. The standard InChI is InChI=1S/C42H90N14O6P2/c1-3-5-7-9-11-15-33-59-63(57,37-31-55(27-19-23-51-39(43)44)28-20-24-52-40(45)46)61-35-17-13-14-18-36-62-64(58,60-34-16-12-10-8-6-4-2)38-32-56(29-21-25-53-41(47)48)30-22-26-54-42(49)50/h9-12H,3-8,13-38H2,1-2H3,(H4,43,44,51)(H4,45,46,52)(H4,47,48,53)(H4,49,50,54)/b11-9-,12-10-. The molecule has 2 unspecified atom stereocenters. The number of unbranched alkanes of at least 4 members (excludes halogenated alkanes) is 7. The van der Waals surface area contributed by atoms with Crippen molar-refractivity contribution in [2.45, 2.75) is 117 Å². The van der Waals surface area contributed by atoms with Crippen LogP contribution in [0.25, 0.3) is 0 Å². The van der Waals surface area contributed by atoms with E-state index in [1.54, 1.807) is 0 Å². The molecule has 0 aromatic heterocycles. The average molecular weight is 949 g/mol. The molecule has 0 aromatic rings. The normalized spacial score (nSPS) is 13.6. The largest absolute Gasteiger partial charge is 0.370 e. The van der Waals surface area contributed by atoms with E-state index in [4.69, 9.17) is 64.0 Å². The third kappa shape index (κ3) is 40.3. The Morgan fingerprint density at radius 3 is 1.00 bits per heavy atom. The van der Waals surface area contributed by atoms with Crippen LogP contribution in [0.4, 0.5) is 0 Å². The molecule has 0 fully saturated rings. The van der Waals surface area contributed by atoms with Crippen molar-refractivity contribution in [3.63, 3.8) is 0 Å². The van der Waals surface area contributed by atoms with Crippen molar-refractivity contribution >= 4 is 39.0 Å². The van der Waals surface area contributed by atoms with Crippen molar-refractivity contribution in [3.8, 4) is 0 Å². The summed E-state index contributed by atoms with van der Waals surface area (Å²) in [6, 6.07) is 0. The lowest BCUT2D eigenvalue weighted by Crippen LogP contribution is -2.31. The van der Waals surface area contributed by atoms with E-state index in [0.717, 1.165) is 77.0 Å². The third-order valence-corrected chi connectivity index (χ3v) is 13.4. The highest BCUT2D eigenvalue weighted by molar-refractivity contribution is 7.54. The van der Waals surface area contributed by atoms with Gasteiger partial charge in [0.05, 0.1) is 38.8 Å². The highest BCUT2D eigenvalue weighted by atomic mass is 31.2. The van der Waals surface area contributed by atoms with Crippen LogP contribution in [0.1, 0.15) is 117 Å². The maximum Gasteiger partial charge on any atom is 0.331 e. The molecule has 22 heteroatoms. The van der Waals surface area contributed by atoms with Gasteiger partial charge in [-0.25, -0.2) is 0 Å². The summed E-state index contributed by atoms with van der Waals surface area (Å²) in [6.07, 6.45) is 22.6. The number of allylic oxidation sites excluding steroid dienone is 2. The van der Waals surface area contributed by atoms with Crippen LogP contribution >= 0.6 is 15.2 Å². The predicted octanol–water partition coefficient (Wildman–Crippen LogP) is 4.53. The molecule has 0 aliphatic carbocycles. The molecule has 64 heavy (non-hydrogen) atoms. The Kier molecular flexibility index (Phi) is 39.2. The van der Waals surface area contributed by atoms with Gasteiger partial charge in [-0.1, -0.05) is 76.7 Å². The summed E-state index contributed by atoms with van der Waals surface area (Å²) in [6.45, 7) is 11.2. The highest BCUT2D eigenvalue weighted by Gasteiger charge is 2.27. The summed E-state index contributed by atoms with van der Waals surface area (Å²) in [5.41, 5.74) is 44.1. The molecule has 0 saturated heterocycles. The lowest BCUT2D eigenvalue weighted by atomic mass is 10.2. The van der Waals surface area contributed by atoms with Gasteiger partial charge in [-0.2, -0.15) is 0 Å². The van der Waals surface area contributed by atoms with E-state index in [1.807, 2.05) is 0 Å². The number of nitrogens with two attached hydrogens (primary N) is 8. The lowest BCUT2D eigenvalue weighted by molar-refractivity contribution is 0.190. The second-order valence-corrected chi connectivity index (χ2v) is 19.9. The Bertz CT molecular complexity index is 1270. The maximum absolute atomic E-state index is 14.1. The molecule has 0 heterocycles. The fourth-order valence-corrected chi connectivity index (χ4v) is 9.44. The summed E-state index contributed by atoms with van der Waals surface area (Å²) in [4.78, 5) is 20.7. The molecule has 0 aromatic carbocycles. The first kappa shape index (κ1) is 60.8.